The average Bonchev–Trinajstić information content (AvgIpc) is 2.38. The van der Waals surface area contributed by atoms with E-state index in [1.165, 1.54) is 0 Å². The molecule has 0 heterocycles. The molecule has 0 amide bonds. The zero-order valence-electron chi connectivity index (χ0n) is 13.0. The van der Waals surface area contributed by atoms with Gasteiger partial charge in [-0.3, -0.25) is 0 Å². The van der Waals surface area contributed by atoms with Crippen LogP contribution < -0.4 is 4.74 Å². The van der Waals surface area contributed by atoms with Gasteiger partial charge >= 0.3 is 0 Å². The van der Waals surface area contributed by atoms with E-state index in [1.807, 2.05) is 20.8 Å². The zero-order chi connectivity index (χ0) is 16.0. The number of ether oxygens (including phenoxy) is 2. The van der Waals surface area contributed by atoms with Crippen LogP contribution in [0.5, 0.6) is 5.75 Å². The van der Waals surface area contributed by atoms with Crippen LogP contribution in [0.15, 0.2) is 17.0 Å². The zero-order valence-corrected chi connectivity index (χ0v) is 14.6. The molecule has 0 saturated heterocycles. The fourth-order valence-electron chi connectivity index (χ4n) is 1.95. The topological polar surface area (TPSA) is 52.6 Å². The fraction of sp³-hybridized carbons (Fsp3) is 0.600. The van der Waals surface area contributed by atoms with E-state index in [9.17, 15) is 8.42 Å². The van der Waals surface area contributed by atoms with Gasteiger partial charge in [-0.1, -0.05) is 20.8 Å². The maximum Gasteiger partial charge on any atom is 0.261 e. The maximum atomic E-state index is 11.7. The van der Waals surface area contributed by atoms with Crippen LogP contribution in [0.1, 0.15) is 44.2 Å². The summed E-state index contributed by atoms with van der Waals surface area (Å²) in [7, 11) is 1.75. The van der Waals surface area contributed by atoms with Crippen molar-refractivity contribution in [3.63, 3.8) is 0 Å². The SMILES string of the molecule is CCCOCCOc1cc(C(C)C)c(S(=O)(=O)Cl)cc1C. The van der Waals surface area contributed by atoms with E-state index in [-0.39, 0.29) is 10.8 Å². The summed E-state index contributed by atoms with van der Waals surface area (Å²) in [5.74, 6) is 0.704. The second-order valence-corrected chi connectivity index (χ2v) is 7.74. The van der Waals surface area contributed by atoms with Gasteiger partial charge in [-0.05, 0) is 42.5 Å². The first kappa shape index (κ1) is 18.3. The van der Waals surface area contributed by atoms with Crippen molar-refractivity contribution in [2.45, 2.75) is 44.9 Å². The molecule has 0 unspecified atom stereocenters. The molecular formula is C15H23ClO4S. The first-order chi connectivity index (χ1) is 9.77. The molecule has 1 aromatic rings. The molecule has 4 nitrogen and oxygen atoms in total. The fourth-order valence-corrected chi connectivity index (χ4v) is 3.25. The minimum atomic E-state index is -3.76. The first-order valence-corrected chi connectivity index (χ1v) is 9.38. The van der Waals surface area contributed by atoms with Crippen molar-refractivity contribution in [1.29, 1.82) is 0 Å². The Morgan fingerprint density at radius 2 is 1.86 bits per heavy atom. The van der Waals surface area contributed by atoms with E-state index >= 15 is 0 Å². The van der Waals surface area contributed by atoms with Gasteiger partial charge in [0.25, 0.3) is 9.05 Å². The van der Waals surface area contributed by atoms with Crippen LogP contribution in [-0.2, 0) is 13.8 Å². The second-order valence-electron chi connectivity index (χ2n) is 5.21. The summed E-state index contributed by atoms with van der Waals surface area (Å²) in [6, 6.07) is 3.33. The smallest absolute Gasteiger partial charge is 0.261 e. The molecule has 0 spiro atoms. The predicted octanol–water partition coefficient (Wildman–Crippen LogP) is 3.85. The molecule has 0 atom stereocenters. The standard InChI is InChI=1S/C15H23ClO4S/c1-5-6-19-7-8-20-14-10-13(11(2)3)15(9-12(14)4)21(16,17)18/h9-11H,5-8H2,1-4H3. The third kappa shape index (κ3) is 5.49. The minimum Gasteiger partial charge on any atom is -0.491 e. The summed E-state index contributed by atoms with van der Waals surface area (Å²) in [5, 5.41) is 0. The molecule has 0 radical (unpaired) electrons. The molecule has 0 saturated carbocycles. The Kier molecular flexibility index (Phi) is 6.97. The molecular weight excluding hydrogens is 312 g/mol. The Balaban J connectivity index is 2.95. The normalized spacial score (nSPS) is 11.9. The highest BCUT2D eigenvalue weighted by Gasteiger charge is 2.20. The maximum absolute atomic E-state index is 11.7. The van der Waals surface area contributed by atoms with Crippen LogP contribution in [-0.4, -0.2) is 28.2 Å². The highest BCUT2D eigenvalue weighted by molar-refractivity contribution is 8.13. The van der Waals surface area contributed by atoms with Gasteiger partial charge in [0.05, 0.1) is 11.5 Å². The van der Waals surface area contributed by atoms with Crippen LogP contribution in [0, 0.1) is 6.92 Å². The largest absolute Gasteiger partial charge is 0.491 e. The molecule has 0 aliphatic heterocycles. The van der Waals surface area contributed by atoms with Crippen molar-refractivity contribution in [2.24, 2.45) is 0 Å². The van der Waals surface area contributed by atoms with E-state index in [1.54, 1.807) is 19.1 Å². The molecule has 0 fully saturated rings. The molecule has 0 aromatic heterocycles. The third-order valence-corrected chi connectivity index (χ3v) is 4.40. The Hall–Kier alpha value is -0.780. The highest BCUT2D eigenvalue weighted by atomic mass is 35.7. The number of halogens is 1. The van der Waals surface area contributed by atoms with E-state index in [4.69, 9.17) is 20.2 Å². The van der Waals surface area contributed by atoms with Gasteiger partial charge in [0.15, 0.2) is 0 Å². The van der Waals surface area contributed by atoms with Crippen molar-refractivity contribution < 1.29 is 17.9 Å². The molecule has 0 aliphatic rings. The van der Waals surface area contributed by atoms with Crippen LogP contribution >= 0.6 is 10.7 Å². The van der Waals surface area contributed by atoms with Crippen LogP contribution in [0.3, 0.4) is 0 Å². The van der Waals surface area contributed by atoms with E-state index in [0.717, 1.165) is 12.0 Å². The van der Waals surface area contributed by atoms with Crippen molar-refractivity contribution in [3.05, 3.63) is 23.3 Å². The van der Waals surface area contributed by atoms with Gasteiger partial charge in [-0.25, -0.2) is 8.42 Å². The van der Waals surface area contributed by atoms with Gasteiger partial charge in [-0.2, -0.15) is 0 Å². The van der Waals surface area contributed by atoms with Crippen LogP contribution in [0.4, 0.5) is 0 Å². The van der Waals surface area contributed by atoms with Crippen LogP contribution in [0.25, 0.3) is 0 Å². The lowest BCUT2D eigenvalue weighted by atomic mass is 10.0. The summed E-state index contributed by atoms with van der Waals surface area (Å²) in [6.45, 7) is 9.35. The molecule has 0 bridgehead atoms. The number of aryl methyl sites for hydroxylation is 1. The first-order valence-electron chi connectivity index (χ1n) is 7.07. The Labute approximate surface area is 131 Å². The lowest BCUT2D eigenvalue weighted by Gasteiger charge is -2.16. The van der Waals surface area contributed by atoms with Crippen molar-refractivity contribution >= 4 is 19.7 Å². The van der Waals surface area contributed by atoms with Gasteiger partial charge < -0.3 is 9.47 Å². The number of rotatable bonds is 8. The molecule has 1 aromatic carbocycles. The van der Waals surface area contributed by atoms with Crippen molar-refractivity contribution in [1.82, 2.24) is 0 Å². The lowest BCUT2D eigenvalue weighted by molar-refractivity contribution is 0.100. The molecule has 21 heavy (non-hydrogen) atoms. The summed E-state index contributed by atoms with van der Waals surface area (Å²) < 4.78 is 34.4. The number of hydrogen-bond acceptors (Lipinski definition) is 4. The van der Waals surface area contributed by atoms with Crippen molar-refractivity contribution in [2.75, 3.05) is 19.8 Å². The number of benzene rings is 1. The Morgan fingerprint density at radius 3 is 2.38 bits per heavy atom. The molecule has 6 heteroatoms. The molecule has 120 valence electrons. The molecule has 1 rings (SSSR count). The number of hydrogen-bond donors (Lipinski definition) is 0. The van der Waals surface area contributed by atoms with Crippen molar-refractivity contribution in [3.8, 4) is 5.75 Å². The Bertz CT molecular complexity index is 567. The van der Waals surface area contributed by atoms with E-state index < -0.39 is 9.05 Å². The van der Waals surface area contributed by atoms with E-state index in [0.29, 0.717) is 31.1 Å². The second kappa shape index (κ2) is 8.01. The summed E-state index contributed by atoms with van der Waals surface area (Å²) in [5.41, 5.74) is 1.41. The van der Waals surface area contributed by atoms with Gasteiger partial charge in [0.1, 0.15) is 12.4 Å². The van der Waals surface area contributed by atoms with E-state index in [2.05, 4.69) is 0 Å². The monoisotopic (exact) mass is 334 g/mol. The highest BCUT2D eigenvalue weighted by Crippen LogP contribution is 2.32. The van der Waals surface area contributed by atoms with Crippen LogP contribution in [0.2, 0.25) is 0 Å². The quantitative estimate of drug-likeness (QED) is 0.535. The summed E-state index contributed by atoms with van der Waals surface area (Å²) in [4.78, 5) is 0.159. The summed E-state index contributed by atoms with van der Waals surface area (Å²) >= 11 is 0. The summed E-state index contributed by atoms with van der Waals surface area (Å²) in [6.07, 6.45) is 0.971. The molecule has 0 N–H and O–H groups in total. The van der Waals surface area contributed by atoms with Gasteiger partial charge in [-0.15, -0.1) is 0 Å². The average molecular weight is 335 g/mol. The molecule has 0 aliphatic carbocycles. The Morgan fingerprint density at radius 1 is 1.19 bits per heavy atom. The lowest BCUT2D eigenvalue weighted by Crippen LogP contribution is -2.09. The predicted molar refractivity (Wildman–Crippen MR) is 84.9 cm³/mol. The van der Waals surface area contributed by atoms with Gasteiger partial charge in [0.2, 0.25) is 0 Å². The van der Waals surface area contributed by atoms with Gasteiger partial charge in [0, 0.05) is 17.3 Å². The minimum absolute atomic E-state index is 0.0350. The third-order valence-electron chi connectivity index (χ3n) is 3.03.